The molecule has 150 valence electrons. The molecule has 1 unspecified atom stereocenters. The summed E-state index contributed by atoms with van der Waals surface area (Å²) in [7, 11) is 0. The zero-order chi connectivity index (χ0) is 20.8. The zero-order valence-electron chi connectivity index (χ0n) is 15.8. The first-order chi connectivity index (χ1) is 14.5. The van der Waals surface area contributed by atoms with Crippen molar-refractivity contribution in [2.24, 2.45) is 0 Å². The van der Waals surface area contributed by atoms with Crippen LogP contribution in [-0.4, -0.2) is 25.9 Å². The SMILES string of the molecule is Cc1nn(-c2ccc(=O)[nH]n2)c2c1C(c1ccc(-c3ccccc3Cl)o1)CC(=O)N2. The van der Waals surface area contributed by atoms with E-state index in [-0.39, 0.29) is 23.8 Å². The molecule has 0 fully saturated rings. The number of aromatic nitrogens is 4. The van der Waals surface area contributed by atoms with Crippen LogP contribution in [0.15, 0.2) is 57.7 Å². The van der Waals surface area contributed by atoms with Crippen LogP contribution in [0.5, 0.6) is 0 Å². The second kappa shape index (κ2) is 7.00. The van der Waals surface area contributed by atoms with Crippen molar-refractivity contribution in [1.82, 2.24) is 20.0 Å². The van der Waals surface area contributed by atoms with Gasteiger partial charge >= 0.3 is 0 Å². The molecule has 8 nitrogen and oxygen atoms in total. The zero-order valence-corrected chi connectivity index (χ0v) is 16.6. The molecule has 0 bridgehead atoms. The third-order valence-electron chi connectivity index (χ3n) is 5.09. The summed E-state index contributed by atoms with van der Waals surface area (Å²) in [6.07, 6.45) is 0.230. The molecule has 5 rings (SSSR count). The van der Waals surface area contributed by atoms with Gasteiger partial charge in [-0.15, -0.1) is 0 Å². The van der Waals surface area contributed by atoms with Crippen LogP contribution >= 0.6 is 11.6 Å². The van der Waals surface area contributed by atoms with Gasteiger partial charge in [0.1, 0.15) is 17.3 Å². The average molecular weight is 422 g/mol. The van der Waals surface area contributed by atoms with Gasteiger partial charge in [0, 0.05) is 23.6 Å². The maximum atomic E-state index is 12.5. The number of furan rings is 1. The van der Waals surface area contributed by atoms with Gasteiger partial charge in [0.05, 0.1) is 16.6 Å². The summed E-state index contributed by atoms with van der Waals surface area (Å²) in [5.41, 5.74) is 2.05. The Labute approximate surface area is 175 Å². The summed E-state index contributed by atoms with van der Waals surface area (Å²) >= 11 is 6.30. The molecule has 0 spiro atoms. The Balaban J connectivity index is 1.60. The lowest BCUT2D eigenvalue weighted by molar-refractivity contribution is -0.116. The Morgan fingerprint density at radius 2 is 1.97 bits per heavy atom. The number of amides is 1. The van der Waals surface area contributed by atoms with E-state index in [1.165, 1.54) is 10.7 Å². The Morgan fingerprint density at radius 3 is 2.73 bits per heavy atom. The molecule has 0 radical (unpaired) electrons. The summed E-state index contributed by atoms with van der Waals surface area (Å²) in [4.78, 5) is 23.8. The molecule has 9 heteroatoms. The molecule has 2 N–H and O–H groups in total. The van der Waals surface area contributed by atoms with Crippen molar-refractivity contribution < 1.29 is 9.21 Å². The Morgan fingerprint density at radius 1 is 1.13 bits per heavy atom. The molecule has 0 aliphatic carbocycles. The minimum Gasteiger partial charge on any atom is -0.460 e. The van der Waals surface area contributed by atoms with E-state index in [1.54, 1.807) is 12.1 Å². The number of nitrogens with zero attached hydrogens (tertiary/aromatic N) is 3. The van der Waals surface area contributed by atoms with Gasteiger partial charge in [-0.2, -0.15) is 14.9 Å². The van der Waals surface area contributed by atoms with Crippen molar-refractivity contribution >= 4 is 23.3 Å². The standard InChI is InChI=1S/C21H16ClN5O3/c1-11-20-13(16-7-6-15(30-16)12-4-2-3-5-14(12)22)10-19(29)23-21(20)27(26-11)17-8-9-18(28)25-24-17/h2-9,13H,10H2,1H3,(H,23,29)(H,25,28). The molecule has 3 aromatic heterocycles. The summed E-state index contributed by atoms with van der Waals surface area (Å²) in [6.45, 7) is 1.86. The first-order valence-corrected chi connectivity index (χ1v) is 9.69. The van der Waals surface area contributed by atoms with Crippen LogP contribution in [0.1, 0.15) is 29.4 Å². The molecule has 1 amide bonds. The number of aromatic amines is 1. The van der Waals surface area contributed by atoms with Gasteiger partial charge in [-0.25, -0.2) is 5.10 Å². The molecule has 1 aromatic carbocycles. The van der Waals surface area contributed by atoms with Gasteiger partial charge in [-0.1, -0.05) is 23.7 Å². The van der Waals surface area contributed by atoms with Crippen molar-refractivity contribution in [1.29, 1.82) is 0 Å². The number of anilines is 1. The van der Waals surface area contributed by atoms with Crippen LogP contribution in [-0.2, 0) is 4.79 Å². The van der Waals surface area contributed by atoms with E-state index in [0.717, 1.165) is 16.8 Å². The fourth-order valence-corrected chi connectivity index (χ4v) is 3.99. The molecule has 1 aliphatic rings. The van der Waals surface area contributed by atoms with Crippen molar-refractivity contribution in [3.8, 4) is 17.1 Å². The number of carbonyl (C=O) groups excluding carboxylic acids is 1. The third-order valence-corrected chi connectivity index (χ3v) is 5.42. The molecule has 4 aromatic rings. The molecule has 1 atom stereocenters. The Bertz CT molecular complexity index is 1320. The quantitative estimate of drug-likeness (QED) is 0.525. The smallest absolute Gasteiger partial charge is 0.264 e. The lowest BCUT2D eigenvalue weighted by Crippen LogP contribution is -2.25. The summed E-state index contributed by atoms with van der Waals surface area (Å²) in [5, 5.41) is 14.4. The number of fused-ring (bicyclic) bond motifs is 1. The molecular weight excluding hydrogens is 406 g/mol. The van der Waals surface area contributed by atoms with Gasteiger partial charge < -0.3 is 9.73 Å². The number of benzene rings is 1. The number of halogens is 1. The molecular formula is C21H16ClN5O3. The highest BCUT2D eigenvalue weighted by molar-refractivity contribution is 6.33. The normalized spacial score (nSPS) is 15.7. The summed E-state index contributed by atoms with van der Waals surface area (Å²) < 4.78 is 7.63. The summed E-state index contributed by atoms with van der Waals surface area (Å²) in [5.74, 6) is 1.74. The first kappa shape index (κ1) is 18.4. The number of hydrogen-bond acceptors (Lipinski definition) is 5. The van der Waals surface area contributed by atoms with Gasteiger partial charge in [0.25, 0.3) is 5.56 Å². The minimum absolute atomic E-state index is 0.159. The van der Waals surface area contributed by atoms with Crippen molar-refractivity contribution in [3.05, 3.63) is 80.9 Å². The fourth-order valence-electron chi connectivity index (χ4n) is 3.76. The first-order valence-electron chi connectivity index (χ1n) is 9.31. The minimum atomic E-state index is -0.318. The van der Waals surface area contributed by atoms with Crippen LogP contribution in [0.2, 0.25) is 5.02 Å². The van der Waals surface area contributed by atoms with Gasteiger partial charge in [0.2, 0.25) is 5.91 Å². The van der Waals surface area contributed by atoms with E-state index in [2.05, 4.69) is 20.6 Å². The topological polar surface area (TPSA) is 106 Å². The van der Waals surface area contributed by atoms with Gasteiger partial charge in [0.15, 0.2) is 5.82 Å². The van der Waals surface area contributed by atoms with Crippen LogP contribution in [0.25, 0.3) is 17.1 Å². The molecule has 0 saturated carbocycles. The average Bonchev–Trinajstić information content (AvgIpc) is 3.34. The highest BCUT2D eigenvalue weighted by Gasteiger charge is 2.34. The Kier molecular flexibility index (Phi) is 4.29. The maximum absolute atomic E-state index is 12.5. The van der Waals surface area contributed by atoms with Gasteiger partial charge in [-0.05, 0) is 37.3 Å². The number of hydrogen-bond donors (Lipinski definition) is 2. The molecule has 30 heavy (non-hydrogen) atoms. The predicted molar refractivity (Wildman–Crippen MR) is 111 cm³/mol. The third kappa shape index (κ3) is 3.02. The number of H-pyrrole nitrogens is 1. The van der Waals surface area contributed by atoms with E-state index in [1.807, 2.05) is 37.3 Å². The second-order valence-corrected chi connectivity index (χ2v) is 7.43. The van der Waals surface area contributed by atoms with E-state index in [4.69, 9.17) is 16.0 Å². The van der Waals surface area contributed by atoms with Crippen LogP contribution in [0.4, 0.5) is 5.82 Å². The van der Waals surface area contributed by atoms with Crippen LogP contribution in [0, 0.1) is 6.92 Å². The Hall–Kier alpha value is -3.65. The number of aryl methyl sites for hydroxylation is 1. The van der Waals surface area contributed by atoms with Crippen LogP contribution in [0.3, 0.4) is 0 Å². The lowest BCUT2D eigenvalue weighted by atomic mass is 9.90. The largest absolute Gasteiger partial charge is 0.460 e. The molecule has 1 aliphatic heterocycles. The predicted octanol–water partition coefficient (Wildman–Crippen LogP) is 3.65. The van der Waals surface area contributed by atoms with Crippen molar-refractivity contribution in [2.75, 3.05) is 5.32 Å². The van der Waals surface area contributed by atoms with Crippen molar-refractivity contribution in [2.45, 2.75) is 19.3 Å². The molecule has 4 heterocycles. The van der Waals surface area contributed by atoms with Crippen molar-refractivity contribution in [3.63, 3.8) is 0 Å². The number of nitrogens with one attached hydrogen (secondary N) is 2. The monoisotopic (exact) mass is 421 g/mol. The highest BCUT2D eigenvalue weighted by Crippen LogP contribution is 2.42. The lowest BCUT2D eigenvalue weighted by Gasteiger charge is -2.22. The van der Waals surface area contributed by atoms with E-state index in [0.29, 0.717) is 28.2 Å². The molecule has 0 saturated heterocycles. The van der Waals surface area contributed by atoms with E-state index < -0.39 is 0 Å². The summed E-state index contributed by atoms with van der Waals surface area (Å²) in [6, 6.07) is 14.1. The van der Waals surface area contributed by atoms with E-state index >= 15 is 0 Å². The number of carbonyl (C=O) groups is 1. The van der Waals surface area contributed by atoms with E-state index in [9.17, 15) is 9.59 Å². The van der Waals surface area contributed by atoms with Gasteiger partial charge in [-0.3, -0.25) is 9.59 Å². The maximum Gasteiger partial charge on any atom is 0.264 e. The van der Waals surface area contributed by atoms with Crippen LogP contribution < -0.4 is 10.9 Å². The fraction of sp³-hybridized carbons (Fsp3) is 0.143. The second-order valence-electron chi connectivity index (χ2n) is 7.03. The highest BCUT2D eigenvalue weighted by atomic mass is 35.5. The number of rotatable bonds is 3.